The summed E-state index contributed by atoms with van der Waals surface area (Å²) in [6.07, 6.45) is 1.58. The Kier molecular flexibility index (Phi) is 6.71. The van der Waals surface area contributed by atoms with Crippen LogP contribution in [0.15, 0.2) is 43.0 Å². The number of carbonyl (C=O) groups excluding carboxylic acids is 2. The second-order valence-corrected chi connectivity index (χ2v) is 5.89. The number of hydrogen-bond donors (Lipinski definition) is 2. The largest absolute Gasteiger partial charge is 0.480 e. The van der Waals surface area contributed by atoms with Crippen LogP contribution in [-0.4, -0.2) is 53.6 Å². The zero-order valence-electron chi connectivity index (χ0n) is 13.9. The van der Waals surface area contributed by atoms with Crippen molar-refractivity contribution in [3.8, 4) is 0 Å². The van der Waals surface area contributed by atoms with Gasteiger partial charge in [0.1, 0.15) is 0 Å². The third-order valence-electron chi connectivity index (χ3n) is 3.94. The van der Waals surface area contributed by atoms with E-state index in [0.717, 1.165) is 5.56 Å². The van der Waals surface area contributed by atoms with E-state index in [-0.39, 0.29) is 32.1 Å². The number of nitrogens with zero attached hydrogens (tertiary/aromatic N) is 1. The van der Waals surface area contributed by atoms with E-state index in [1.807, 2.05) is 30.3 Å². The van der Waals surface area contributed by atoms with Crippen LogP contribution in [-0.2, 0) is 25.7 Å². The van der Waals surface area contributed by atoms with Gasteiger partial charge in [-0.05, 0) is 5.56 Å². The number of rotatable bonds is 9. The van der Waals surface area contributed by atoms with Crippen molar-refractivity contribution in [3.63, 3.8) is 0 Å². The SMILES string of the molecule is C=CCOCC(NC(=O)C1CC(=O)N(Cc2ccccc2)C1)C(=O)O. The molecule has 0 aromatic heterocycles. The van der Waals surface area contributed by atoms with E-state index in [4.69, 9.17) is 9.84 Å². The third kappa shape index (κ3) is 5.42. The Hall–Kier alpha value is -2.67. The highest BCUT2D eigenvalue weighted by Gasteiger charge is 2.35. The minimum Gasteiger partial charge on any atom is -0.480 e. The maximum atomic E-state index is 12.3. The van der Waals surface area contributed by atoms with E-state index < -0.39 is 23.8 Å². The molecule has 2 rings (SSSR count). The molecular weight excluding hydrogens is 324 g/mol. The molecule has 1 heterocycles. The zero-order valence-corrected chi connectivity index (χ0v) is 13.9. The smallest absolute Gasteiger partial charge is 0.328 e. The number of hydrogen-bond acceptors (Lipinski definition) is 4. The molecule has 134 valence electrons. The first kappa shape index (κ1) is 18.7. The molecule has 1 aliphatic heterocycles. The van der Waals surface area contributed by atoms with Crippen LogP contribution in [0.4, 0.5) is 0 Å². The van der Waals surface area contributed by atoms with Gasteiger partial charge < -0.3 is 20.1 Å². The van der Waals surface area contributed by atoms with E-state index in [1.165, 1.54) is 6.08 Å². The molecule has 1 fully saturated rings. The molecule has 2 unspecified atom stereocenters. The van der Waals surface area contributed by atoms with Crippen LogP contribution in [0.1, 0.15) is 12.0 Å². The van der Waals surface area contributed by atoms with Gasteiger partial charge in [-0.3, -0.25) is 9.59 Å². The topological polar surface area (TPSA) is 95.9 Å². The summed E-state index contributed by atoms with van der Waals surface area (Å²) in [6, 6.07) is 8.36. The van der Waals surface area contributed by atoms with Crippen LogP contribution >= 0.6 is 0 Å². The molecule has 1 aromatic carbocycles. The van der Waals surface area contributed by atoms with Gasteiger partial charge >= 0.3 is 5.97 Å². The summed E-state index contributed by atoms with van der Waals surface area (Å²) in [4.78, 5) is 37.3. The Labute approximate surface area is 146 Å². The Morgan fingerprint density at radius 1 is 1.40 bits per heavy atom. The van der Waals surface area contributed by atoms with Gasteiger partial charge in [-0.1, -0.05) is 36.4 Å². The molecule has 0 spiro atoms. The number of amides is 2. The molecule has 0 saturated carbocycles. The average Bonchev–Trinajstić information content (AvgIpc) is 2.95. The summed E-state index contributed by atoms with van der Waals surface area (Å²) in [5.41, 5.74) is 0.984. The number of nitrogens with one attached hydrogen (secondary N) is 1. The van der Waals surface area contributed by atoms with Crippen molar-refractivity contribution < 1.29 is 24.2 Å². The molecule has 0 aliphatic carbocycles. The Morgan fingerprint density at radius 3 is 2.76 bits per heavy atom. The Bertz CT molecular complexity index is 632. The molecule has 0 radical (unpaired) electrons. The summed E-state index contributed by atoms with van der Waals surface area (Å²) in [7, 11) is 0. The van der Waals surface area contributed by atoms with Crippen molar-refractivity contribution in [2.45, 2.75) is 19.0 Å². The van der Waals surface area contributed by atoms with Gasteiger partial charge in [0.2, 0.25) is 11.8 Å². The number of carboxylic acid groups (broad SMARTS) is 1. The van der Waals surface area contributed by atoms with Gasteiger partial charge in [-0.2, -0.15) is 0 Å². The fraction of sp³-hybridized carbons (Fsp3) is 0.389. The number of carbonyl (C=O) groups is 3. The van der Waals surface area contributed by atoms with Gasteiger partial charge in [0.15, 0.2) is 6.04 Å². The minimum absolute atomic E-state index is 0.0819. The molecule has 2 N–H and O–H groups in total. The second-order valence-electron chi connectivity index (χ2n) is 5.89. The second kappa shape index (κ2) is 8.98. The molecule has 25 heavy (non-hydrogen) atoms. The van der Waals surface area contributed by atoms with Crippen LogP contribution in [0.2, 0.25) is 0 Å². The van der Waals surface area contributed by atoms with Crippen LogP contribution in [0.3, 0.4) is 0 Å². The number of carboxylic acids is 1. The van der Waals surface area contributed by atoms with E-state index in [0.29, 0.717) is 6.54 Å². The van der Waals surface area contributed by atoms with Crippen LogP contribution in [0, 0.1) is 5.92 Å². The van der Waals surface area contributed by atoms with Crippen LogP contribution < -0.4 is 5.32 Å². The quantitative estimate of drug-likeness (QED) is 0.509. The molecule has 2 amide bonds. The van der Waals surface area contributed by atoms with E-state index >= 15 is 0 Å². The third-order valence-corrected chi connectivity index (χ3v) is 3.94. The van der Waals surface area contributed by atoms with Gasteiger partial charge in [0.25, 0.3) is 0 Å². The number of aliphatic carboxylic acids is 1. The lowest BCUT2D eigenvalue weighted by Crippen LogP contribution is -2.46. The zero-order chi connectivity index (χ0) is 18.2. The first-order chi connectivity index (χ1) is 12.0. The van der Waals surface area contributed by atoms with Crippen molar-refractivity contribution in [3.05, 3.63) is 48.6 Å². The molecule has 7 heteroatoms. The Morgan fingerprint density at radius 2 is 2.12 bits per heavy atom. The summed E-state index contributed by atoms with van der Waals surface area (Å²) in [5.74, 6) is -2.29. The van der Waals surface area contributed by atoms with Crippen molar-refractivity contribution in [1.82, 2.24) is 10.2 Å². The molecule has 7 nitrogen and oxygen atoms in total. The van der Waals surface area contributed by atoms with Gasteiger partial charge in [-0.15, -0.1) is 6.58 Å². The molecule has 1 saturated heterocycles. The maximum Gasteiger partial charge on any atom is 0.328 e. The monoisotopic (exact) mass is 346 g/mol. The van der Waals surface area contributed by atoms with Crippen molar-refractivity contribution in [1.29, 1.82) is 0 Å². The minimum atomic E-state index is -1.18. The van der Waals surface area contributed by atoms with Crippen LogP contribution in [0.5, 0.6) is 0 Å². The van der Waals surface area contributed by atoms with E-state index in [1.54, 1.807) is 4.90 Å². The molecular formula is C18H22N2O5. The summed E-state index contributed by atoms with van der Waals surface area (Å²) < 4.78 is 5.10. The standard InChI is InChI=1S/C18H22N2O5/c1-2-8-25-12-15(18(23)24)19-17(22)14-9-16(21)20(11-14)10-13-6-4-3-5-7-13/h2-7,14-15H,1,8-12H2,(H,19,22)(H,23,24). The summed E-state index contributed by atoms with van der Waals surface area (Å²) in [5, 5.41) is 11.6. The first-order valence-electron chi connectivity index (χ1n) is 8.04. The fourth-order valence-corrected chi connectivity index (χ4v) is 2.64. The first-order valence-corrected chi connectivity index (χ1v) is 8.04. The van der Waals surface area contributed by atoms with Gasteiger partial charge in [-0.25, -0.2) is 4.79 Å². The normalized spacial score (nSPS) is 18.0. The number of benzene rings is 1. The highest BCUT2D eigenvalue weighted by atomic mass is 16.5. The van der Waals surface area contributed by atoms with Gasteiger partial charge in [0.05, 0.1) is 19.1 Å². The summed E-state index contributed by atoms with van der Waals surface area (Å²) >= 11 is 0. The predicted molar refractivity (Wildman–Crippen MR) is 90.5 cm³/mol. The highest BCUT2D eigenvalue weighted by molar-refractivity contribution is 5.91. The van der Waals surface area contributed by atoms with E-state index in [2.05, 4.69) is 11.9 Å². The number of ether oxygens (including phenoxy) is 1. The highest BCUT2D eigenvalue weighted by Crippen LogP contribution is 2.20. The lowest BCUT2D eigenvalue weighted by molar-refractivity contribution is -0.144. The fourth-order valence-electron chi connectivity index (χ4n) is 2.64. The number of likely N-dealkylation sites (tertiary alicyclic amines) is 1. The van der Waals surface area contributed by atoms with Crippen molar-refractivity contribution >= 4 is 17.8 Å². The molecule has 2 atom stereocenters. The van der Waals surface area contributed by atoms with Crippen molar-refractivity contribution in [2.75, 3.05) is 19.8 Å². The lowest BCUT2D eigenvalue weighted by Gasteiger charge is -2.18. The predicted octanol–water partition coefficient (Wildman–Crippen LogP) is 0.807. The van der Waals surface area contributed by atoms with Crippen molar-refractivity contribution in [2.24, 2.45) is 5.92 Å². The molecule has 0 bridgehead atoms. The Balaban J connectivity index is 1.90. The average molecular weight is 346 g/mol. The van der Waals surface area contributed by atoms with E-state index in [9.17, 15) is 14.4 Å². The summed E-state index contributed by atoms with van der Waals surface area (Å²) in [6.45, 7) is 4.24. The lowest BCUT2D eigenvalue weighted by atomic mass is 10.1. The van der Waals surface area contributed by atoms with Crippen LogP contribution in [0.25, 0.3) is 0 Å². The maximum absolute atomic E-state index is 12.3. The molecule has 1 aliphatic rings. The molecule has 1 aromatic rings. The van der Waals surface area contributed by atoms with Gasteiger partial charge in [0, 0.05) is 19.5 Å².